The number of esters is 1. The van der Waals surface area contributed by atoms with Crippen LogP contribution in [0.2, 0.25) is 5.15 Å². The largest absolute Gasteiger partial charge is 0.462 e. The highest BCUT2D eigenvalue weighted by Crippen LogP contribution is 2.07. The van der Waals surface area contributed by atoms with Gasteiger partial charge in [0.2, 0.25) is 0 Å². The summed E-state index contributed by atoms with van der Waals surface area (Å²) in [6, 6.07) is 5.31. The Morgan fingerprint density at radius 1 is 1.55 bits per heavy atom. The molecule has 0 aliphatic carbocycles. The lowest BCUT2D eigenvalue weighted by atomic mass is 10.2. The van der Waals surface area contributed by atoms with E-state index in [2.05, 4.69) is 22.2 Å². The fourth-order valence-corrected chi connectivity index (χ4v) is 1.63. The number of hydrogen-bond acceptors (Lipinski definition) is 6. The molecular weight excluding hydrogens is 304 g/mol. The molecular formula is C15H17ClN4O2. The van der Waals surface area contributed by atoms with Crippen LogP contribution >= 0.6 is 11.6 Å². The highest BCUT2D eigenvalue weighted by molar-refractivity contribution is 6.29. The van der Waals surface area contributed by atoms with Gasteiger partial charge in [0.25, 0.3) is 0 Å². The van der Waals surface area contributed by atoms with Crippen molar-refractivity contribution in [2.75, 3.05) is 13.2 Å². The quantitative estimate of drug-likeness (QED) is 0.250. The molecule has 0 aliphatic heterocycles. The molecule has 2 N–H and O–H groups in total. The molecule has 0 amide bonds. The molecule has 1 aromatic heterocycles. The maximum Gasteiger partial charge on any atom is 0.352 e. The van der Waals surface area contributed by atoms with Crippen molar-refractivity contribution in [1.82, 2.24) is 15.6 Å². The fourth-order valence-electron chi connectivity index (χ4n) is 1.52. The van der Waals surface area contributed by atoms with Crippen LogP contribution in [0, 0.1) is 11.3 Å². The summed E-state index contributed by atoms with van der Waals surface area (Å²) in [7, 11) is 0. The lowest BCUT2D eigenvalue weighted by molar-refractivity contribution is -0.138. The molecule has 116 valence electrons. The molecule has 0 fully saturated rings. The van der Waals surface area contributed by atoms with E-state index in [1.54, 1.807) is 31.3 Å². The highest BCUT2D eigenvalue weighted by Gasteiger charge is 2.16. The Kier molecular flexibility index (Phi) is 7.51. The van der Waals surface area contributed by atoms with Crippen LogP contribution in [-0.2, 0) is 16.1 Å². The zero-order valence-corrected chi connectivity index (χ0v) is 13.0. The van der Waals surface area contributed by atoms with Crippen LogP contribution in [-0.4, -0.2) is 24.1 Å². The van der Waals surface area contributed by atoms with Crippen LogP contribution in [0.3, 0.4) is 0 Å². The summed E-state index contributed by atoms with van der Waals surface area (Å²) in [6.07, 6.45) is 3.22. The zero-order chi connectivity index (χ0) is 16.4. The first-order chi connectivity index (χ1) is 10.6. The molecule has 22 heavy (non-hydrogen) atoms. The first-order valence-electron chi connectivity index (χ1n) is 6.62. The summed E-state index contributed by atoms with van der Waals surface area (Å²) in [5.74, 6) is -0.394. The SMILES string of the molecule is C=CCNC(NCc1ccc(Cl)nc1)=C(C#N)C(=O)OCC. The Hall–Kier alpha value is -2.52. The molecule has 0 aromatic carbocycles. The van der Waals surface area contributed by atoms with E-state index in [-0.39, 0.29) is 18.0 Å². The summed E-state index contributed by atoms with van der Waals surface area (Å²) in [5, 5.41) is 15.5. The minimum atomic E-state index is -0.682. The van der Waals surface area contributed by atoms with E-state index >= 15 is 0 Å². The second-order valence-corrected chi connectivity index (χ2v) is 4.48. The first kappa shape index (κ1) is 17.5. The molecule has 1 rings (SSSR count). The Labute approximate surface area is 134 Å². The Bertz CT molecular complexity index is 591. The summed E-state index contributed by atoms with van der Waals surface area (Å²) >= 11 is 5.72. The standard InChI is InChI=1S/C15H17ClN4O2/c1-3-7-18-14(12(8-17)15(21)22-4-2)20-10-11-5-6-13(16)19-9-11/h3,5-6,9,18,20H,1,4,7,10H2,2H3. The van der Waals surface area contributed by atoms with Gasteiger partial charge in [-0.15, -0.1) is 6.58 Å². The minimum absolute atomic E-state index is 0.120. The van der Waals surface area contributed by atoms with Crippen molar-refractivity contribution in [3.8, 4) is 6.07 Å². The predicted molar refractivity (Wildman–Crippen MR) is 83.6 cm³/mol. The van der Waals surface area contributed by atoms with E-state index in [1.165, 1.54) is 0 Å². The van der Waals surface area contributed by atoms with Gasteiger partial charge in [0.15, 0.2) is 5.57 Å². The summed E-state index contributed by atoms with van der Waals surface area (Å²) < 4.78 is 4.87. The van der Waals surface area contributed by atoms with Crippen molar-refractivity contribution in [1.29, 1.82) is 5.26 Å². The minimum Gasteiger partial charge on any atom is -0.462 e. The zero-order valence-electron chi connectivity index (χ0n) is 12.2. The maximum absolute atomic E-state index is 11.8. The molecule has 0 saturated heterocycles. The molecule has 0 bridgehead atoms. The van der Waals surface area contributed by atoms with Gasteiger partial charge in [-0.1, -0.05) is 23.7 Å². The number of aromatic nitrogens is 1. The Morgan fingerprint density at radius 2 is 2.32 bits per heavy atom. The van der Waals surface area contributed by atoms with E-state index in [1.807, 2.05) is 6.07 Å². The molecule has 1 heterocycles. The Balaban J connectivity index is 2.90. The smallest absolute Gasteiger partial charge is 0.352 e. The molecule has 0 atom stereocenters. The number of nitrogens with zero attached hydrogens (tertiary/aromatic N) is 2. The van der Waals surface area contributed by atoms with E-state index in [9.17, 15) is 10.1 Å². The van der Waals surface area contributed by atoms with Gasteiger partial charge in [0.05, 0.1) is 6.61 Å². The molecule has 0 spiro atoms. The van der Waals surface area contributed by atoms with Gasteiger partial charge in [-0.05, 0) is 18.6 Å². The van der Waals surface area contributed by atoms with Gasteiger partial charge >= 0.3 is 5.97 Å². The third-order valence-corrected chi connectivity index (χ3v) is 2.75. The highest BCUT2D eigenvalue weighted by atomic mass is 35.5. The number of hydrogen-bond donors (Lipinski definition) is 2. The molecule has 7 heteroatoms. The summed E-state index contributed by atoms with van der Waals surface area (Å²) in [4.78, 5) is 15.8. The van der Waals surface area contributed by atoms with Gasteiger partial charge < -0.3 is 15.4 Å². The number of rotatable bonds is 8. The van der Waals surface area contributed by atoms with Crippen LogP contribution in [0.25, 0.3) is 0 Å². The Morgan fingerprint density at radius 3 is 2.86 bits per heavy atom. The van der Waals surface area contributed by atoms with Gasteiger partial charge in [-0.25, -0.2) is 9.78 Å². The number of nitrogens with one attached hydrogen (secondary N) is 2. The van der Waals surface area contributed by atoms with Crippen LogP contribution < -0.4 is 10.6 Å². The molecule has 0 aliphatic rings. The van der Waals surface area contributed by atoms with Gasteiger partial charge in [-0.2, -0.15) is 5.26 Å². The number of pyridine rings is 1. The van der Waals surface area contributed by atoms with Gasteiger partial charge in [0.1, 0.15) is 17.0 Å². The van der Waals surface area contributed by atoms with E-state index in [0.717, 1.165) is 5.56 Å². The van der Waals surface area contributed by atoms with Crippen LogP contribution in [0.4, 0.5) is 0 Å². The van der Waals surface area contributed by atoms with E-state index in [4.69, 9.17) is 16.3 Å². The topological polar surface area (TPSA) is 87.0 Å². The number of halogens is 1. The number of carbonyl (C=O) groups is 1. The predicted octanol–water partition coefficient (Wildman–Crippen LogP) is 1.90. The average Bonchev–Trinajstić information content (AvgIpc) is 2.52. The van der Waals surface area contributed by atoms with Crippen molar-refractivity contribution >= 4 is 17.6 Å². The number of carbonyl (C=O) groups excluding carboxylic acids is 1. The van der Waals surface area contributed by atoms with Crippen LogP contribution in [0.1, 0.15) is 12.5 Å². The fraction of sp³-hybridized carbons (Fsp3) is 0.267. The third-order valence-electron chi connectivity index (χ3n) is 2.52. The van der Waals surface area contributed by atoms with Crippen molar-refractivity contribution in [3.63, 3.8) is 0 Å². The number of nitriles is 1. The number of ether oxygens (including phenoxy) is 1. The molecule has 0 radical (unpaired) electrons. The van der Waals surface area contributed by atoms with Crippen molar-refractivity contribution in [2.24, 2.45) is 0 Å². The molecule has 1 aromatic rings. The molecule has 0 saturated carbocycles. The lowest BCUT2D eigenvalue weighted by Crippen LogP contribution is -2.30. The van der Waals surface area contributed by atoms with Gasteiger partial charge in [0, 0.05) is 19.3 Å². The second-order valence-electron chi connectivity index (χ2n) is 4.09. The summed E-state index contributed by atoms with van der Waals surface area (Å²) in [5.41, 5.74) is 0.731. The average molecular weight is 321 g/mol. The lowest BCUT2D eigenvalue weighted by Gasteiger charge is -2.14. The monoisotopic (exact) mass is 320 g/mol. The van der Waals surface area contributed by atoms with Gasteiger partial charge in [-0.3, -0.25) is 0 Å². The van der Waals surface area contributed by atoms with Crippen LogP contribution in [0.15, 0.2) is 42.4 Å². The normalized spacial score (nSPS) is 11.0. The molecule has 0 unspecified atom stereocenters. The third kappa shape index (κ3) is 5.46. The maximum atomic E-state index is 11.8. The summed E-state index contributed by atoms with van der Waals surface area (Å²) in [6.45, 7) is 6.23. The van der Waals surface area contributed by atoms with Crippen molar-refractivity contribution < 1.29 is 9.53 Å². The van der Waals surface area contributed by atoms with E-state index in [0.29, 0.717) is 18.2 Å². The molecule has 6 nitrogen and oxygen atoms in total. The van der Waals surface area contributed by atoms with E-state index < -0.39 is 5.97 Å². The van der Waals surface area contributed by atoms with Crippen molar-refractivity contribution in [2.45, 2.75) is 13.5 Å². The second kappa shape index (κ2) is 9.42. The first-order valence-corrected chi connectivity index (χ1v) is 7.00. The van der Waals surface area contributed by atoms with Crippen LogP contribution in [0.5, 0.6) is 0 Å². The van der Waals surface area contributed by atoms with Crippen molar-refractivity contribution in [3.05, 3.63) is 53.1 Å².